The van der Waals surface area contributed by atoms with Gasteiger partial charge in [0.2, 0.25) is 11.8 Å². The van der Waals surface area contributed by atoms with Gasteiger partial charge in [-0.15, -0.1) is 10.2 Å². The molecule has 0 amide bonds. The molecule has 0 unspecified atom stereocenters. The Bertz CT molecular complexity index is 758. The lowest BCUT2D eigenvalue weighted by atomic mass is 10.1. The maximum atomic E-state index is 13.2. The number of benzene rings is 2. The minimum Gasteiger partial charge on any atom is -0.419 e. The van der Waals surface area contributed by atoms with Gasteiger partial charge in [-0.3, -0.25) is 0 Å². The van der Waals surface area contributed by atoms with Crippen LogP contribution in [-0.2, 0) is 13.0 Å². The van der Waals surface area contributed by atoms with Crippen LogP contribution in [0.5, 0.6) is 0 Å². The Morgan fingerprint density at radius 2 is 1.91 bits per heavy atom. The number of halogens is 1. The predicted molar refractivity (Wildman–Crippen MR) is 86.1 cm³/mol. The van der Waals surface area contributed by atoms with Gasteiger partial charge >= 0.3 is 0 Å². The number of aromatic nitrogens is 2. The van der Waals surface area contributed by atoms with Gasteiger partial charge in [-0.2, -0.15) is 0 Å². The second-order valence-corrected chi connectivity index (χ2v) is 5.48. The summed E-state index contributed by atoms with van der Waals surface area (Å²) < 4.78 is 18.8. The third-order valence-electron chi connectivity index (χ3n) is 3.52. The van der Waals surface area contributed by atoms with Crippen LogP contribution in [-0.4, -0.2) is 16.2 Å². The first kappa shape index (κ1) is 15.4. The van der Waals surface area contributed by atoms with Crippen molar-refractivity contribution in [1.82, 2.24) is 15.5 Å². The van der Waals surface area contributed by atoms with Gasteiger partial charge in [0.25, 0.3) is 0 Å². The summed E-state index contributed by atoms with van der Waals surface area (Å²) in [7, 11) is 0. The van der Waals surface area contributed by atoms with Crippen molar-refractivity contribution in [3.8, 4) is 11.5 Å². The smallest absolute Gasteiger partial charge is 0.247 e. The molecule has 0 aliphatic carbocycles. The first-order chi connectivity index (χ1) is 11.2. The van der Waals surface area contributed by atoms with E-state index in [0.29, 0.717) is 18.3 Å². The second-order valence-electron chi connectivity index (χ2n) is 5.48. The molecule has 2 aromatic carbocycles. The summed E-state index contributed by atoms with van der Waals surface area (Å²) in [5, 5.41) is 11.4. The SMILES string of the molecule is C[C@@H](Cc1cccc(F)c1)NCc1nnc(-c2ccccc2)o1. The quantitative estimate of drug-likeness (QED) is 0.756. The molecule has 0 aliphatic rings. The number of hydrogen-bond donors (Lipinski definition) is 1. The fourth-order valence-electron chi connectivity index (χ4n) is 2.37. The maximum Gasteiger partial charge on any atom is 0.247 e. The van der Waals surface area contributed by atoms with E-state index in [0.717, 1.165) is 17.5 Å². The average molecular weight is 311 g/mol. The van der Waals surface area contributed by atoms with Crippen molar-refractivity contribution < 1.29 is 8.81 Å². The number of nitrogens with zero attached hydrogens (tertiary/aromatic N) is 2. The van der Waals surface area contributed by atoms with E-state index in [-0.39, 0.29) is 11.9 Å². The Balaban J connectivity index is 1.55. The van der Waals surface area contributed by atoms with Gasteiger partial charge < -0.3 is 9.73 Å². The van der Waals surface area contributed by atoms with Crippen LogP contribution in [0, 0.1) is 5.82 Å². The monoisotopic (exact) mass is 311 g/mol. The Labute approximate surface area is 134 Å². The van der Waals surface area contributed by atoms with Crippen LogP contribution in [0.15, 0.2) is 59.0 Å². The van der Waals surface area contributed by atoms with E-state index in [9.17, 15) is 4.39 Å². The van der Waals surface area contributed by atoms with Crippen molar-refractivity contribution in [3.05, 3.63) is 71.9 Å². The molecular formula is C18H18FN3O. The average Bonchev–Trinajstić information content (AvgIpc) is 3.03. The van der Waals surface area contributed by atoms with Crippen LogP contribution in [0.4, 0.5) is 4.39 Å². The van der Waals surface area contributed by atoms with Crippen molar-refractivity contribution in [3.63, 3.8) is 0 Å². The molecule has 23 heavy (non-hydrogen) atoms. The summed E-state index contributed by atoms with van der Waals surface area (Å²) >= 11 is 0. The lowest BCUT2D eigenvalue weighted by Gasteiger charge is -2.12. The highest BCUT2D eigenvalue weighted by atomic mass is 19.1. The van der Waals surface area contributed by atoms with E-state index < -0.39 is 0 Å². The summed E-state index contributed by atoms with van der Waals surface area (Å²) in [5.74, 6) is 0.842. The van der Waals surface area contributed by atoms with Crippen LogP contribution < -0.4 is 5.32 Å². The van der Waals surface area contributed by atoms with Crippen LogP contribution in [0.2, 0.25) is 0 Å². The summed E-state index contributed by atoms with van der Waals surface area (Å²) in [6, 6.07) is 16.5. The molecule has 1 aromatic heterocycles. The molecule has 0 saturated heterocycles. The summed E-state index contributed by atoms with van der Waals surface area (Å²) in [6.45, 7) is 2.52. The Kier molecular flexibility index (Phi) is 4.78. The minimum atomic E-state index is -0.209. The van der Waals surface area contributed by atoms with E-state index in [1.54, 1.807) is 12.1 Å². The molecule has 3 rings (SSSR count). The van der Waals surface area contributed by atoms with Crippen molar-refractivity contribution in [1.29, 1.82) is 0 Å². The maximum absolute atomic E-state index is 13.2. The zero-order valence-corrected chi connectivity index (χ0v) is 12.9. The molecule has 3 aromatic rings. The summed E-state index contributed by atoms with van der Waals surface area (Å²) in [5.41, 5.74) is 1.86. The zero-order valence-electron chi connectivity index (χ0n) is 12.9. The lowest BCUT2D eigenvalue weighted by Crippen LogP contribution is -2.27. The van der Waals surface area contributed by atoms with Crippen molar-refractivity contribution >= 4 is 0 Å². The second kappa shape index (κ2) is 7.15. The molecule has 0 bridgehead atoms. The predicted octanol–water partition coefficient (Wildman–Crippen LogP) is 3.60. The summed E-state index contributed by atoms with van der Waals surface area (Å²) in [4.78, 5) is 0. The normalized spacial score (nSPS) is 12.3. The fourth-order valence-corrected chi connectivity index (χ4v) is 2.37. The molecule has 1 atom stereocenters. The van der Waals surface area contributed by atoms with E-state index in [2.05, 4.69) is 15.5 Å². The minimum absolute atomic E-state index is 0.170. The van der Waals surface area contributed by atoms with Gasteiger partial charge in [0.1, 0.15) is 5.82 Å². The van der Waals surface area contributed by atoms with Gasteiger partial charge in [-0.05, 0) is 43.2 Å². The topological polar surface area (TPSA) is 51.0 Å². The molecule has 0 fully saturated rings. The first-order valence-electron chi connectivity index (χ1n) is 7.56. The largest absolute Gasteiger partial charge is 0.419 e. The van der Waals surface area contributed by atoms with Gasteiger partial charge in [0.05, 0.1) is 6.54 Å². The van der Waals surface area contributed by atoms with Crippen LogP contribution in [0.25, 0.3) is 11.5 Å². The van der Waals surface area contributed by atoms with Crippen LogP contribution in [0.1, 0.15) is 18.4 Å². The lowest BCUT2D eigenvalue weighted by molar-refractivity contribution is 0.447. The molecule has 1 N–H and O–H groups in total. The zero-order chi connectivity index (χ0) is 16.1. The van der Waals surface area contributed by atoms with Gasteiger partial charge in [0.15, 0.2) is 0 Å². The van der Waals surface area contributed by atoms with E-state index in [1.807, 2.05) is 43.3 Å². The molecule has 0 saturated carbocycles. The molecule has 4 nitrogen and oxygen atoms in total. The summed E-state index contributed by atoms with van der Waals surface area (Å²) in [6.07, 6.45) is 0.734. The molecule has 5 heteroatoms. The molecule has 1 heterocycles. The van der Waals surface area contributed by atoms with Crippen LogP contribution in [0.3, 0.4) is 0 Å². The Morgan fingerprint density at radius 1 is 1.09 bits per heavy atom. The van der Waals surface area contributed by atoms with Gasteiger partial charge in [0, 0.05) is 11.6 Å². The highest BCUT2D eigenvalue weighted by molar-refractivity contribution is 5.51. The highest BCUT2D eigenvalue weighted by Crippen LogP contribution is 2.16. The Morgan fingerprint density at radius 3 is 2.70 bits per heavy atom. The number of nitrogens with one attached hydrogen (secondary N) is 1. The first-order valence-corrected chi connectivity index (χ1v) is 7.56. The van der Waals surface area contributed by atoms with E-state index >= 15 is 0 Å². The van der Waals surface area contributed by atoms with Crippen molar-refractivity contribution in [2.45, 2.75) is 25.9 Å². The Hall–Kier alpha value is -2.53. The number of hydrogen-bond acceptors (Lipinski definition) is 4. The van der Waals surface area contributed by atoms with Gasteiger partial charge in [-0.1, -0.05) is 30.3 Å². The molecule has 0 aliphatic heterocycles. The molecule has 118 valence electrons. The fraction of sp³-hybridized carbons (Fsp3) is 0.222. The van der Waals surface area contributed by atoms with Crippen molar-refractivity contribution in [2.75, 3.05) is 0 Å². The van der Waals surface area contributed by atoms with Gasteiger partial charge in [-0.25, -0.2) is 4.39 Å². The third-order valence-corrected chi connectivity index (χ3v) is 3.52. The van der Waals surface area contributed by atoms with E-state index in [1.165, 1.54) is 6.07 Å². The van der Waals surface area contributed by atoms with Crippen LogP contribution >= 0.6 is 0 Å². The third kappa shape index (κ3) is 4.23. The standard InChI is InChI=1S/C18H18FN3O/c1-13(10-14-6-5-9-16(19)11-14)20-12-17-21-22-18(23-17)15-7-3-2-4-8-15/h2-9,11,13,20H,10,12H2,1H3/t13-/m0/s1. The van der Waals surface area contributed by atoms with Crippen molar-refractivity contribution in [2.24, 2.45) is 0 Å². The molecule has 0 spiro atoms. The molecule has 0 radical (unpaired) electrons. The number of rotatable bonds is 6. The molecular weight excluding hydrogens is 293 g/mol. The highest BCUT2D eigenvalue weighted by Gasteiger charge is 2.10. The van der Waals surface area contributed by atoms with E-state index in [4.69, 9.17) is 4.42 Å².